The Balaban J connectivity index is 2.01. The van der Waals surface area contributed by atoms with Crippen molar-refractivity contribution in [2.24, 2.45) is 0 Å². The third kappa shape index (κ3) is 2.30. The molecule has 0 saturated heterocycles. The van der Waals surface area contributed by atoms with Crippen LogP contribution in [0, 0.1) is 0 Å². The minimum absolute atomic E-state index is 0.363. The number of anilines is 1. The van der Waals surface area contributed by atoms with Gasteiger partial charge in [-0.15, -0.1) is 11.3 Å². The third-order valence-electron chi connectivity index (χ3n) is 3.55. The third-order valence-corrected chi connectivity index (χ3v) is 4.88. The highest BCUT2D eigenvalue weighted by molar-refractivity contribution is 7.15. The second kappa shape index (κ2) is 5.02. The standard InChI is InChI=1S/C14H15ClN2OS/c1-18-12-6-5-8(7-10(12)15)9-3-2-4-11-13(9)19-14(16)17-11/h5-7,9H,2-4H2,1H3,(H2,16,17). The van der Waals surface area contributed by atoms with Gasteiger partial charge < -0.3 is 10.5 Å². The molecule has 100 valence electrons. The van der Waals surface area contributed by atoms with Gasteiger partial charge in [0.05, 0.1) is 17.8 Å². The van der Waals surface area contributed by atoms with Crippen LogP contribution in [0.15, 0.2) is 18.2 Å². The summed E-state index contributed by atoms with van der Waals surface area (Å²) in [6, 6.07) is 6.01. The molecule has 1 aliphatic rings. The van der Waals surface area contributed by atoms with Crippen LogP contribution < -0.4 is 10.5 Å². The van der Waals surface area contributed by atoms with Crippen molar-refractivity contribution in [2.45, 2.75) is 25.2 Å². The number of aromatic nitrogens is 1. The lowest BCUT2D eigenvalue weighted by Gasteiger charge is -2.22. The number of halogens is 1. The van der Waals surface area contributed by atoms with Gasteiger partial charge in [0.25, 0.3) is 0 Å². The Labute approximate surface area is 121 Å². The average Bonchev–Trinajstić information content (AvgIpc) is 2.78. The van der Waals surface area contributed by atoms with Crippen molar-refractivity contribution in [1.29, 1.82) is 0 Å². The van der Waals surface area contributed by atoms with Crippen LogP contribution in [-0.4, -0.2) is 12.1 Å². The topological polar surface area (TPSA) is 48.1 Å². The van der Waals surface area contributed by atoms with E-state index in [1.165, 1.54) is 10.4 Å². The summed E-state index contributed by atoms with van der Waals surface area (Å²) in [5, 5.41) is 1.32. The van der Waals surface area contributed by atoms with Crippen molar-refractivity contribution < 1.29 is 4.74 Å². The van der Waals surface area contributed by atoms with Gasteiger partial charge in [0.1, 0.15) is 5.75 Å². The summed E-state index contributed by atoms with van der Waals surface area (Å²) in [6.07, 6.45) is 3.30. The fraction of sp³-hybridized carbons (Fsp3) is 0.357. The first-order valence-electron chi connectivity index (χ1n) is 6.27. The summed E-state index contributed by atoms with van der Waals surface area (Å²) >= 11 is 7.82. The molecule has 0 amide bonds. The summed E-state index contributed by atoms with van der Waals surface area (Å²) in [6.45, 7) is 0. The molecule has 0 bridgehead atoms. The van der Waals surface area contributed by atoms with E-state index in [9.17, 15) is 0 Å². The lowest BCUT2D eigenvalue weighted by molar-refractivity contribution is 0.414. The van der Waals surface area contributed by atoms with Crippen molar-refractivity contribution in [2.75, 3.05) is 12.8 Å². The Morgan fingerprint density at radius 3 is 3.05 bits per heavy atom. The maximum Gasteiger partial charge on any atom is 0.180 e. The van der Waals surface area contributed by atoms with Crippen molar-refractivity contribution >= 4 is 28.1 Å². The molecule has 1 heterocycles. The van der Waals surface area contributed by atoms with E-state index in [0.29, 0.717) is 21.8 Å². The zero-order valence-electron chi connectivity index (χ0n) is 10.6. The molecule has 2 aromatic rings. The number of benzene rings is 1. The zero-order valence-corrected chi connectivity index (χ0v) is 12.2. The van der Waals surface area contributed by atoms with Gasteiger partial charge in [-0.05, 0) is 37.0 Å². The van der Waals surface area contributed by atoms with Gasteiger partial charge in [-0.2, -0.15) is 0 Å². The van der Waals surface area contributed by atoms with Crippen molar-refractivity contribution in [3.63, 3.8) is 0 Å². The van der Waals surface area contributed by atoms with Gasteiger partial charge in [-0.1, -0.05) is 17.7 Å². The van der Waals surface area contributed by atoms with Gasteiger partial charge in [0, 0.05) is 10.8 Å². The molecule has 5 heteroatoms. The van der Waals surface area contributed by atoms with E-state index in [4.69, 9.17) is 22.1 Å². The van der Waals surface area contributed by atoms with E-state index in [2.05, 4.69) is 11.1 Å². The molecule has 1 aliphatic carbocycles. The minimum atomic E-state index is 0.363. The maximum atomic E-state index is 6.22. The van der Waals surface area contributed by atoms with Crippen molar-refractivity contribution in [3.05, 3.63) is 39.4 Å². The quantitative estimate of drug-likeness (QED) is 0.915. The first kappa shape index (κ1) is 12.8. The fourth-order valence-corrected chi connectivity index (χ4v) is 3.96. The summed E-state index contributed by atoms with van der Waals surface area (Å²) in [7, 11) is 1.63. The predicted octanol–water partition coefficient (Wildman–Crippen LogP) is 3.86. The van der Waals surface area contributed by atoms with E-state index in [1.807, 2.05) is 12.1 Å². The van der Waals surface area contributed by atoms with Crippen LogP contribution in [-0.2, 0) is 6.42 Å². The fourth-order valence-electron chi connectivity index (χ4n) is 2.66. The average molecular weight is 295 g/mol. The molecular weight excluding hydrogens is 280 g/mol. The molecule has 1 aromatic carbocycles. The molecule has 3 nitrogen and oxygen atoms in total. The SMILES string of the molecule is COc1ccc(C2CCCc3nc(N)sc32)cc1Cl. The normalized spacial score (nSPS) is 18.1. The summed E-state index contributed by atoms with van der Waals surface area (Å²) in [5.41, 5.74) is 8.21. The Morgan fingerprint density at radius 1 is 1.47 bits per heavy atom. The number of ether oxygens (including phenoxy) is 1. The van der Waals surface area contributed by atoms with Gasteiger partial charge in [-0.25, -0.2) is 4.98 Å². The Bertz CT molecular complexity index is 611. The molecular formula is C14H15ClN2OS. The number of hydrogen-bond donors (Lipinski definition) is 1. The minimum Gasteiger partial charge on any atom is -0.495 e. The Morgan fingerprint density at radius 2 is 2.32 bits per heavy atom. The molecule has 1 unspecified atom stereocenters. The molecule has 0 fully saturated rings. The van der Waals surface area contributed by atoms with Crippen LogP contribution in [0.5, 0.6) is 5.75 Å². The van der Waals surface area contributed by atoms with Crippen molar-refractivity contribution in [3.8, 4) is 5.75 Å². The smallest absolute Gasteiger partial charge is 0.180 e. The predicted molar refractivity (Wildman–Crippen MR) is 79.3 cm³/mol. The number of fused-ring (bicyclic) bond motifs is 1. The lowest BCUT2D eigenvalue weighted by Crippen LogP contribution is -2.09. The zero-order chi connectivity index (χ0) is 13.4. The molecule has 19 heavy (non-hydrogen) atoms. The second-order valence-electron chi connectivity index (χ2n) is 4.70. The largest absolute Gasteiger partial charge is 0.495 e. The summed E-state index contributed by atoms with van der Waals surface area (Å²) in [4.78, 5) is 5.72. The van der Waals surface area contributed by atoms with Crippen molar-refractivity contribution in [1.82, 2.24) is 4.98 Å². The second-order valence-corrected chi connectivity index (χ2v) is 6.17. The van der Waals surface area contributed by atoms with Crippen LogP contribution in [0.25, 0.3) is 0 Å². The molecule has 0 aliphatic heterocycles. The molecule has 1 atom stereocenters. The number of nitrogens with zero attached hydrogens (tertiary/aromatic N) is 1. The number of aryl methyl sites for hydroxylation is 1. The van der Waals surface area contributed by atoms with Crippen LogP contribution in [0.4, 0.5) is 5.13 Å². The number of nitrogen functional groups attached to an aromatic ring is 1. The van der Waals surface area contributed by atoms with E-state index < -0.39 is 0 Å². The van der Waals surface area contributed by atoms with Gasteiger partial charge >= 0.3 is 0 Å². The van der Waals surface area contributed by atoms with E-state index >= 15 is 0 Å². The summed E-state index contributed by atoms with van der Waals surface area (Å²) in [5.74, 6) is 1.08. The van der Waals surface area contributed by atoms with E-state index in [0.717, 1.165) is 25.0 Å². The molecule has 0 radical (unpaired) electrons. The molecule has 0 spiro atoms. The number of nitrogens with two attached hydrogens (primary N) is 1. The number of methoxy groups -OCH3 is 1. The maximum absolute atomic E-state index is 6.22. The first-order chi connectivity index (χ1) is 9.19. The Kier molecular flexibility index (Phi) is 3.37. The number of hydrogen-bond acceptors (Lipinski definition) is 4. The molecule has 3 rings (SSSR count). The number of thiazole rings is 1. The van der Waals surface area contributed by atoms with Crippen LogP contribution in [0.3, 0.4) is 0 Å². The first-order valence-corrected chi connectivity index (χ1v) is 7.47. The van der Waals surface area contributed by atoms with Crippen LogP contribution in [0.2, 0.25) is 5.02 Å². The van der Waals surface area contributed by atoms with Gasteiger partial charge in [-0.3, -0.25) is 0 Å². The van der Waals surface area contributed by atoms with Crippen LogP contribution >= 0.6 is 22.9 Å². The van der Waals surface area contributed by atoms with Gasteiger partial charge in [0.2, 0.25) is 0 Å². The number of rotatable bonds is 2. The van der Waals surface area contributed by atoms with E-state index in [-0.39, 0.29) is 0 Å². The monoisotopic (exact) mass is 294 g/mol. The Hall–Kier alpha value is -1.26. The highest BCUT2D eigenvalue weighted by Gasteiger charge is 2.26. The molecule has 1 aromatic heterocycles. The molecule has 2 N–H and O–H groups in total. The van der Waals surface area contributed by atoms with Gasteiger partial charge in [0.15, 0.2) is 5.13 Å². The summed E-state index contributed by atoms with van der Waals surface area (Å²) < 4.78 is 5.20. The lowest BCUT2D eigenvalue weighted by atomic mass is 9.86. The van der Waals surface area contributed by atoms with Crippen LogP contribution in [0.1, 0.15) is 34.9 Å². The highest BCUT2D eigenvalue weighted by atomic mass is 35.5. The molecule has 0 saturated carbocycles. The van der Waals surface area contributed by atoms with E-state index in [1.54, 1.807) is 18.4 Å². The highest BCUT2D eigenvalue weighted by Crippen LogP contribution is 2.42.